The number of hydrogen-bond acceptors (Lipinski definition) is 4. The van der Waals surface area contributed by atoms with Crippen molar-refractivity contribution >= 4 is 11.9 Å². The molecule has 116 valence electrons. The molecule has 0 spiro atoms. The Bertz CT molecular complexity index is 474. The van der Waals surface area contributed by atoms with Gasteiger partial charge in [0.05, 0.1) is 6.42 Å². The van der Waals surface area contributed by atoms with Crippen LogP contribution < -0.4 is 5.32 Å². The van der Waals surface area contributed by atoms with Crippen molar-refractivity contribution in [2.24, 2.45) is 0 Å². The van der Waals surface area contributed by atoms with E-state index in [-0.39, 0.29) is 31.4 Å². The van der Waals surface area contributed by atoms with Gasteiger partial charge in [-0.3, -0.25) is 9.59 Å². The molecule has 0 bridgehead atoms. The van der Waals surface area contributed by atoms with Crippen LogP contribution in [0.1, 0.15) is 43.1 Å². The summed E-state index contributed by atoms with van der Waals surface area (Å²) in [6, 6.07) is 7.01. The Morgan fingerprint density at radius 2 is 1.81 bits per heavy atom. The van der Waals surface area contributed by atoms with E-state index in [0.29, 0.717) is 12.0 Å². The predicted octanol–water partition coefficient (Wildman–Crippen LogP) is 1.68. The Hall–Kier alpha value is -1.88. The number of carbonyl (C=O) groups excluding carboxylic acids is 2. The van der Waals surface area contributed by atoms with E-state index in [1.807, 2.05) is 0 Å². The van der Waals surface area contributed by atoms with E-state index in [4.69, 9.17) is 9.84 Å². The summed E-state index contributed by atoms with van der Waals surface area (Å²) in [6.07, 6.45) is 0.714. The van der Waals surface area contributed by atoms with Crippen LogP contribution in [0, 0.1) is 0 Å². The summed E-state index contributed by atoms with van der Waals surface area (Å²) in [5.41, 5.74) is 0.993. The van der Waals surface area contributed by atoms with Crippen molar-refractivity contribution < 1.29 is 19.4 Å². The van der Waals surface area contributed by atoms with E-state index in [1.54, 1.807) is 45.0 Å². The number of benzene rings is 1. The van der Waals surface area contributed by atoms with Gasteiger partial charge in [-0.2, -0.15) is 0 Å². The molecule has 0 aromatic heterocycles. The van der Waals surface area contributed by atoms with Gasteiger partial charge in [0, 0.05) is 18.7 Å². The summed E-state index contributed by atoms with van der Waals surface area (Å²) in [6.45, 7) is 5.74. The second-order valence-electron chi connectivity index (χ2n) is 5.76. The minimum Gasteiger partial charge on any atom is -0.460 e. The van der Waals surface area contributed by atoms with Crippen LogP contribution >= 0.6 is 0 Å². The molecule has 0 saturated carbocycles. The number of aliphatic hydroxyl groups excluding tert-OH is 1. The minimum atomic E-state index is -0.510. The van der Waals surface area contributed by atoms with Gasteiger partial charge in [0.25, 0.3) is 5.91 Å². The molecule has 0 unspecified atom stereocenters. The number of nitrogens with one attached hydrogen (secondary N) is 1. The molecule has 0 radical (unpaired) electrons. The number of hydrogen-bond donors (Lipinski definition) is 2. The molecular weight excluding hydrogens is 270 g/mol. The topological polar surface area (TPSA) is 75.6 Å². The molecule has 0 saturated heterocycles. The number of carbonyl (C=O) groups is 2. The van der Waals surface area contributed by atoms with Crippen molar-refractivity contribution in [3.63, 3.8) is 0 Å². The van der Waals surface area contributed by atoms with Gasteiger partial charge in [-0.05, 0) is 44.9 Å². The summed E-state index contributed by atoms with van der Waals surface area (Å²) in [7, 11) is 0. The Balaban J connectivity index is 2.38. The van der Waals surface area contributed by atoms with Gasteiger partial charge in [0.2, 0.25) is 0 Å². The highest BCUT2D eigenvalue weighted by Gasteiger charge is 2.16. The lowest BCUT2D eigenvalue weighted by atomic mass is 10.1. The van der Waals surface area contributed by atoms with Crippen LogP contribution in [0.5, 0.6) is 0 Å². The first kappa shape index (κ1) is 17.2. The first-order chi connectivity index (χ1) is 9.81. The summed E-state index contributed by atoms with van der Waals surface area (Å²) in [4.78, 5) is 23.4. The van der Waals surface area contributed by atoms with Gasteiger partial charge in [-0.25, -0.2) is 0 Å². The van der Waals surface area contributed by atoms with E-state index >= 15 is 0 Å². The molecule has 2 N–H and O–H groups in total. The zero-order chi connectivity index (χ0) is 15.9. The summed E-state index contributed by atoms with van der Waals surface area (Å²) in [5, 5.41) is 11.5. The Morgan fingerprint density at radius 3 is 2.33 bits per heavy atom. The van der Waals surface area contributed by atoms with Crippen molar-refractivity contribution in [1.29, 1.82) is 0 Å². The van der Waals surface area contributed by atoms with Crippen LogP contribution in [0.2, 0.25) is 0 Å². The number of ether oxygens (including phenoxy) is 1. The van der Waals surface area contributed by atoms with Gasteiger partial charge in [-0.1, -0.05) is 12.1 Å². The monoisotopic (exact) mass is 293 g/mol. The highest BCUT2D eigenvalue weighted by atomic mass is 16.6. The lowest BCUT2D eigenvalue weighted by Gasteiger charge is -2.19. The second kappa shape index (κ2) is 7.78. The van der Waals surface area contributed by atoms with E-state index in [9.17, 15) is 9.59 Å². The number of esters is 1. The van der Waals surface area contributed by atoms with E-state index in [0.717, 1.165) is 5.56 Å². The Kier molecular flexibility index (Phi) is 6.37. The quantitative estimate of drug-likeness (QED) is 0.783. The number of amides is 1. The Morgan fingerprint density at radius 1 is 1.19 bits per heavy atom. The van der Waals surface area contributed by atoms with E-state index < -0.39 is 5.60 Å². The Labute approximate surface area is 125 Å². The summed E-state index contributed by atoms with van der Waals surface area (Å²) in [5.74, 6) is -0.560. The van der Waals surface area contributed by atoms with Gasteiger partial charge in [-0.15, -0.1) is 0 Å². The fraction of sp³-hybridized carbons (Fsp3) is 0.500. The predicted molar refractivity (Wildman–Crippen MR) is 80.0 cm³/mol. The maximum Gasteiger partial charge on any atom is 0.308 e. The van der Waals surface area contributed by atoms with Gasteiger partial charge in [0.15, 0.2) is 0 Å². The summed E-state index contributed by atoms with van der Waals surface area (Å²) < 4.78 is 5.15. The molecule has 1 rings (SSSR count). The van der Waals surface area contributed by atoms with E-state index in [1.165, 1.54) is 0 Å². The molecule has 0 aliphatic heterocycles. The average Bonchev–Trinajstić information content (AvgIpc) is 2.37. The van der Waals surface area contributed by atoms with Crippen LogP contribution in [0.15, 0.2) is 24.3 Å². The zero-order valence-corrected chi connectivity index (χ0v) is 12.8. The van der Waals surface area contributed by atoms with Crippen molar-refractivity contribution in [1.82, 2.24) is 5.32 Å². The van der Waals surface area contributed by atoms with Gasteiger partial charge >= 0.3 is 5.97 Å². The largest absolute Gasteiger partial charge is 0.460 e. The standard InChI is InChI=1S/C16H23NO4/c1-16(2,3)21-14(19)8-10-17-15(20)13-6-4-12(5-7-13)9-11-18/h4-7,18H,8-11H2,1-3H3,(H,17,20). The van der Waals surface area contributed by atoms with Crippen LogP contribution in [0.4, 0.5) is 0 Å². The second-order valence-corrected chi connectivity index (χ2v) is 5.76. The molecule has 21 heavy (non-hydrogen) atoms. The highest BCUT2D eigenvalue weighted by Crippen LogP contribution is 2.08. The molecule has 0 aliphatic carbocycles. The molecule has 0 aliphatic rings. The number of aliphatic hydroxyl groups is 1. The lowest BCUT2D eigenvalue weighted by Crippen LogP contribution is -2.29. The molecule has 5 heteroatoms. The smallest absolute Gasteiger partial charge is 0.308 e. The maximum absolute atomic E-state index is 11.9. The van der Waals surface area contributed by atoms with Crippen molar-refractivity contribution in [3.8, 4) is 0 Å². The molecule has 0 fully saturated rings. The van der Waals surface area contributed by atoms with E-state index in [2.05, 4.69) is 5.32 Å². The molecule has 1 amide bonds. The third-order valence-corrected chi connectivity index (χ3v) is 2.65. The molecule has 1 aromatic rings. The molecule has 5 nitrogen and oxygen atoms in total. The molecule has 1 aromatic carbocycles. The van der Waals surface area contributed by atoms with Crippen LogP contribution in [0.3, 0.4) is 0 Å². The molecule has 0 heterocycles. The van der Waals surface area contributed by atoms with Crippen molar-refractivity contribution in [3.05, 3.63) is 35.4 Å². The molecular formula is C16H23NO4. The fourth-order valence-corrected chi connectivity index (χ4v) is 1.72. The third kappa shape index (κ3) is 6.90. The van der Waals surface area contributed by atoms with Crippen LogP contribution in [0.25, 0.3) is 0 Å². The minimum absolute atomic E-state index is 0.0848. The summed E-state index contributed by atoms with van der Waals surface area (Å²) >= 11 is 0. The highest BCUT2D eigenvalue weighted by molar-refractivity contribution is 5.94. The first-order valence-electron chi connectivity index (χ1n) is 7.01. The van der Waals surface area contributed by atoms with Crippen molar-refractivity contribution in [2.75, 3.05) is 13.2 Å². The lowest BCUT2D eigenvalue weighted by molar-refractivity contribution is -0.154. The zero-order valence-electron chi connectivity index (χ0n) is 12.8. The maximum atomic E-state index is 11.9. The van der Waals surface area contributed by atoms with Gasteiger partial charge < -0.3 is 15.2 Å². The number of rotatable bonds is 6. The normalized spacial score (nSPS) is 11.0. The van der Waals surface area contributed by atoms with Crippen LogP contribution in [-0.2, 0) is 16.0 Å². The van der Waals surface area contributed by atoms with Crippen molar-refractivity contribution in [2.45, 2.75) is 39.2 Å². The SMILES string of the molecule is CC(C)(C)OC(=O)CCNC(=O)c1ccc(CCO)cc1. The fourth-order valence-electron chi connectivity index (χ4n) is 1.72. The average molecular weight is 293 g/mol. The van der Waals surface area contributed by atoms with Crippen LogP contribution in [-0.4, -0.2) is 35.7 Å². The third-order valence-electron chi connectivity index (χ3n) is 2.65. The first-order valence-corrected chi connectivity index (χ1v) is 7.01. The van der Waals surface area contributed by atoms with Gasteiger partial charge in [0.1, 0.15) is 5.60 Å². The molecule has 0 atom stereocenters.